The second-order valence-corrected chi connectivity index (χ2v) is 7.41. The molecule has 1 aliphatic heterocycles. The first-order valence-corrected chi connectivity index (χ1v) is 9.49. The smallest absolute Gasteiger partial charge is 0.253 e. The van der Waals surface area contributed by atoms with Crippen molar-refractivity contribution in [3.63, 3.8) is 0 Å². The van der Waals surface area contributed by atoms with E-state index in [0.29, 0.717) is 25.8 Å². The predicted molar refractivity (Wildman–Crippen MR) is 101 cm³/mol. The number of nitrogens with one attached hydrogen (secondary N) is 1. The summed E-state index contributed by atoms with van der Waals surface area (Å²) in [6.07, 6.45) is 5.06. The van der Waals surface area contributed by atoms with Crippen LogP contribution in [0.4, 0.5) is 0 Å². The third-order valence-electron chi connectivity index (χ3n) is 4.80. The van der Waals surface area contributed by atoms with E-state index in [1.54, 1.807) is 6.92 Å². The number of ketones is 2. The molecule has 0 aromatic rings. The fourth-order valence-corrected chi connectivity index (χ4v) is 2.82. The fourth-order valence-electron chi connectivity index (χ4n) is 2.82. The summed E-state index contributed by atoms with van der Waals surface area (Å²) in [4.78, 5) is 59.9. The molecule has 7 heteroatoms. The van der Waals surface area contributed by atoms with Gasteiger partial charge in [0.15, 0.2) is 5.78 Å². The number of carbonyl (C=O) groups excluding carboxylic acids is 5. The van der Waals surface area contributed by atoms with Crippen LogP contribution in [0.1, 0.15) is 59.8 Å². The van der Waals surface area contributed by atoms with Crippen LogP contribution >= 0.6 is 0 Å². The maximum atomic E-state index is 12.3. The lowest BCUT2D eigenvalue weighted by molar-refractivity contribution is -0.137. The number of nitrogens with zero attached hydrogens (tertiary/aromatic N) is 1. The van der Waals surface area contributed by atoms with Gasteiger partial charge in [0.05, 0.1) is 6.04 Å². The molecule has 1 heterocycles. The first-order valence-electron chi connectivity index (χ1n) is 9.49. The van der Waals surface area contributed by atoms with Gasteiger partial charge < -0.3 is 5.32 Å². The van der Waals surface area contributed by atoms with Crippen LogP contribution in [0.5, 0.6) is 0 Å². The first-order chi connectivity index (χ1) is 12.6. The quantitative estimate of drug-likeness (QED) is 0.412. The van der Waals surface area contributed by atoms with Crippen molar-refractivity contribution in [2.45, 2.75) is 65.8 Å². The van der Waals surface area contributed by atoms with Gasteiger partial charge in [-0.15, -0.1) is 0 Å². The molecule has 0 fully saturated rings. The molecule has 0 radical (unpaired) electrons. The van der Waals surface area contributed by atoms with Crippen molar-refractivity contribution in [2.24, 2.45) is 11.8 Å². The van der Waals surface area contributed by atoms with Crippen molar-refractivity contribution in [1.29, 1.82) is 0 Å². The highest BCUT2D eigenvalue weighted by molar-refractivity contribution is 6.12. The van der Waals surface area contributed by atoms with E-state index in [9.17, 15) is 24.0 Å². The van der Waals surface area contributed by atoms with Crippen molar-refractivity contribution in [3.8, 4) is 0 Å². The molecular formula is C20H30N2O5. The maximum Gasteiger partial charge on any atom is 0.253 e. The van der Waals surface area contributed by atoms with E-state index in [0.717, 1.165) is 6.42 Å². The zero-order chi connectivity index (χ0) is 20.6. The molecule has 0 aromatic carbocycles. The van der Waals surface area contributed by atoms with Crippen LogP contribution in [0.3, 0.4) is 0 Å². The summed E-state index contributed by atoms with van der Waals surface area (Å²) >= 11 is 0. The number of carbonyl (C=O) groups is 5. The Labute approximate surface area is 160 Å². The maximum absolute atomic E-state index is 12.3. The Morgan fingerprint density at radius 1 is 1.00 bits per heavy atom. The van der Waals surface area contributed by atoms with Gasteiger partial charge in [-0.05, 0) is 32.6 Å². The number of amides is 3. The largest absolute Gasteiger partial charge is 0.346 e. The molecule has 0 saturated carbocycles. The van der Waals surface area contributed by atoms with Crippen LogP contribution in [0.25, 0.3) is 0 Å². The Morgan fingerprint density at radius 3 is 2.11 bits per heavy atom. The van der Waals surface area contributed by atoms with Gasteiger partial charge >= 0.3 is 0 Å². The highest BCUT2D eigenvalue weighted by Crippen LogP contribution is 2.18. The molecule has 1 N–H and O–H groups in total. The summed E-state index contributed by atoms with van der Waals surface area (Å²) in [7, 11) is 0. The van der Waals surface area contributed by atoms with E-state index in [-0.39, 0.29) is 41.6 Å². The summed E-state index contributed by atoms with van der Waals surface area (Å²) in [5, 5.41) is 2.67. The van der Waals surface area contributed by atoms with Gasteiger partial charge in [-0.1, -0.05) is 20.3 Å². The summed E-state index contributed by atoms with van der Waals surface area (Å²) in [6.45, 7) is 7.17. The standard InChI is InChI=1S/C20H30N2O5/c1-13(2)17(20(27)21-14(3)15(4)23)12-16(24)8-6-5-7-11-22-18(25)9-10-19(22)26/h9-10,13-14,17H,5-8,11-12H2,1-4H3,(H,21,27)/t14-,17-/m0/s1. The molecule has 0 saturated heterocycles. The van der Waals surface area contributed by atoms with Crippen LogP contribution < -0.4 is 5.32 Å². The van der Waals surface area contributed by atoms with E-state index in [1.165, 1.54) is 24.0 Å². The Balaban J connectivity index is 2.33. The molecule has 0 unspecified atom stereocenters. The van der Waals surface area contributed by atoms with E-state index in [1.807, 2.05) is 13.8 Å². The Kier molecular flexibility index (Phi) is 9.05. The number of unbranched alkanes of at least 4 members (excludes halogenated alkanes) is 2. The Hall–Kier alpha value is -2.31. The molecule has 7 nitrogen and oxygen atoms in total. The molecule has 27 heavy (non-hydrogen) atoms. The normalized spacial score (nSPS) is 16.0. The van der Waals surface area contributed by atoms with Crippen molar-refractivity contribution >= 4 is 29.3 Å². The van der Waals surface area contributed by atoms with Crippen LogP contribution in [0, 0.1) is 11.8 Å². The SMILES string of the molecule is CC(=O)[C@H](C)NC(=O)[C@@H](CC(=O)CCCCCN1C(=O)C=CC1=O)C(C)C. The van der Waals surface area contributed by atoms with Crippen LogP contribution in [0.2, 0.25) is 0 Å². The third kappa shape index (κ3) is 7.45. The van der Waals surface area contributed by atoms with Crippen LogP contribution in [-0.2, 0) is 24.0 Å². The molecule has 0 aromatic heterocycles. The Bertz CT molecular complexity index is 606. The number of imide groups is 1. The summed E-state index contributed by atoms with van der Waals surface area (Å²) < 4.78 is 0. The van der Waals surface area contributed by atoms with Gasteiger partial charge in [-0.3, -0.25) is 28.9 Å². The predicted octanol–water partition coefficient (Wildman–Crippen LogP) is 1.80. The minimum Gasteiger partial charge on any atom is -0.346 e. The molecule has 0 spiro atoms. The number of hydrogen-bond donors (Lipinski definition) is 1. The highest BCUT2D eigenvalue weighted by Gasteiger charge is 2.27. The second kappa shape index (κ2) is 10.7. The van der Waals surface area contributed by atoms with E-state index < -0.39 is 12.0 Å². The first kappa shape index (κ1) is 22.7. The topological polar surface area (TPSA) is 101 Å². The average molecular weight is 378 g/mol. The highest BCUT2D eigenvalue weighted by atomic mass is 16.2. The molecular weight excluding hydrogens is 348 g/mol. The second-order valence-electron chi connectivity index (χ2n) is 7.41. The fraction of sp³-hybridized carbons (Fsp3) is 0.650. The summed E-state index contributed by atoms with van der Waals surface area (Å²) in [5.41, 5.74) is 0. The van der Waals surface area contributed by atoms with Crippen molar-refractivity contribution in [1.82, 2.24) is 10.2 Å². The van der Waals surface area contributed by atoms with E-state index in [4.69, 9.17) is 0 Å². The van der Waals surface area contributed by atoms with E-state index >= 15 is 0 Å². The van der Waals surface area contributed by atoms with Crippen LogP contribution in [0.15, 0.2) is 12.2 Å². The minimum absolute atomic E-state index is 0.00667. The van der Waals surface area contributed by atoms with Crippen molar-refractivity contribution in [2.75, 3.05) is 6.54 Å². The van der Waals surface area contributed by atoms with E-state index in [2.05, 4.69) is 5.32 Å². The lowest BCUT2D eigenvalue weighted by Crippen LogP contribution is -2.42. The van der Waals surface area contributed by atoms with Gasteiger partial charge in [0.2, 0.25) is 5.91 Å². The molecule has 1 rings (SSSR count). The average Bonchev–Trinajstić information content (AvgIpc) is 2.90. The van der Waals surface area contributed by atoms with Crippen molar-refractivity contribution in [3.05, 3.63) is 12.2 Å². The molecule has 0 bridgehead atoms. The molecule has 150 valence electrons. The number of rotatable bonds is 12. The third-order valence-corrected chi connectivity index (χ3v) is 4.80. The number of hydrogen-bond acceptors (Lipinski definition) is 5. The molecule has 2 atom stereocenters. The van der Waals surface area contributed by atoms with Gasteiger partial charge in [-0.2, -0.15) is 0 Å². The lowest BCUT2D eigenvalue weighted by atomic mass is 9.88. The van der Waals surface area contributed by atoms with Gasteiger partial charge in [0, 0.05) is 37.5 Å². The summed E-state index contributed by atoms with van der Waals surface area (Å²) in [5.74, 6) is -1.42. The summed E-state index contributed by atoms with van der Waals surface area (Å²) in [6, 6.07) is -0.556. The molecule has 1 aliphatic rings. The Morgan fingerprint density at radius 2 is 1.59 bits per heavy atom. The van der Waals surface area contributed by atoms with Gasteiger partial charge in [-0.25, -0.2) is 0 Å². The molecule has 3 amide bonds. The lowest BCUT2D eigenvalue weighted by Gasteiger charge is -2.21. The van der Waals surface area contributed by atoms with Crippen molar-refractivity contribution < 1.29 is 24.0 Å². The number of Topliss-reactive ketones (excluding diaryl/α,β-unsaturated/α-hetero) is 2. The monoisotopic (exact) mass is 378 g/mol. The van der Waals surface area contributed by atoms with Crippen LogP contribution in [-0.4, -0.2) is 46.8 Å². The molecule has 0 aliphatic carbocycles. The zero-order valence-corrected chi connectivity index (χ0v) is 16.6. The van der Waals surface area contributed by atoms with Gasteiger partial charge in [0.25, 0.3) is 11.8 Å². The zero-order valence-electron chi connectivity index (χ0n) is 16.6. The minimum atomic E-state index is -0.556. The van der Waals surface area contributed by atoms with Gasteiger partial charge in [0.1, 0.15) is 5.78 Å².